The van der Waals surface area contributed by atoms with Gasteiger partial charge in [-0.2, -0.15) is 4.31 Å². The topological polar surface area (TPSA) is 83.7 Å². The van der Waals surface area contributed by atoms with Crippen molar-refractivity contribution >= 4 is 28.3 Å². The molecule has 26 heavy (non-hydrogen) atoms. The Morgan fingerprint density at radius 1 is 1.19 bits per heavy atom. The Kier molecular flexibility index (Phi) is 7.07. The summed E-state index contributed by atoms with van der Waals surface area (Å²) >= 11 is 0. The van der Waals surface area contributed by atoms with Crippen molar-refractivity contribution < 1.29 is 13.2 Å². The maximum Gasteiger partial charge on any atom is 0.254 e. The Morgan fingerprint density at radius 3 is 2.65 bits per heavy atom. The Hall–Kier alpha value is -1.15. The van der Waals surface area contributed by atoms with Crippen LogP contribution in [0.4, 0.5) is 0 Å². The Morgan fingerprint density at radius 2 is 1.96 bits per heavy atom. The van der Waals surface area contributed by atoms with Crippen LogP contribution in [0, 0.1) is 0 Å². The summed E-state index contributed by atoms with van der Waals surface area (Å²) in [7, 11) is -3.57. The van der Waals surface area contributed by atoms with E-state index in [-0.39, 0.29) is 35.3 Å². The van der Waals surface area contributed by atoms with E-state index in [2.05, 4.69) is 0 Å². The lowest BCUT2D eigenvalue weighted by molar-refractivity contribution is 0.0741. The van der Waals surface area contributed by atoms with Gasteiger partial charge in [-0.25, -0.2) is 8.42 Å². The normalized spacial score (nSPS) is 24.3. The third-order valence-corrected chi connectivity index (χ3v) is 7.35. The van der Waals surface area contributed by atoms with Crippen LogP contribution in [0.15, 0.2) is 29.2 Å². The van der Waals surface area contributed by atoms with E-state index >= 15 is 0 Å². The van der Waals surface area contributed by atoms with Gasteiger partial charge in [0.05, 0.1) is 4.90 Å². The van der Waals surface area contributed by atoms with E-state index in [0.717, 1.165) is 32.1 Å². The number of halogens is 1. The Labute approximate surface area is 162 Å². The van der Waals surface area contributed by atoms with E-state index in [9.17, 15) is 13.2 Å². The zero-order chi connectivity index (χ0) is 18.0. The van der Waals surface area contributed by atoms with Crippen LogP contribution >= 0.6 is 12.4 Å². The second kappa shape index (κ2) is 8.69. The number of likely N-dealkylation sites (tertiary alicyclic amines) is 1. The maximum absolute atomic E-state index is 13.0. The van der Waals surface area contributed by atoms with E-state index in [4.69, 9.17) is 5.73 Å². The van der Waals surface area contributed by atoms with Gasteiger partial charge in [-0.3, -0.25) is 4.79 Å². The molecule has 1 aromatic rings. The zero-order valence-electron chi connectivity index (χ0n) is 15.1. The van der Waals surface area contributed by atoms with Crippen LogP contribution in [0.5, 0.6) is 0 Å². The number of carbonyl (C=O) groups is 1. The molecular weight excluding hydrogens is 374 g/mol. The van der Waals surface area contributed by atoms with E-state index in [1.807, 2.05) is 6.92 Å². The van der Waals surface area contributed by atoms with E-state index < -0.39 is 10.0 Å². The highest BCUT2D eigenvalue weighted by atomic mass is 35.5. The van der Waals surface area contributed by atoms with Gasteiger partial charge in [-0.05, 0) is 50.8 Å². The average molecular weight is 402 g/mol. The minimum Gasteiger partial charge on any atom is -0.334 e. The minimum atomic E-state index is -3.57. The van der Waals surface area contributed by atoms with Crippen LogP contribution in [-0.4, -0.2) is 55.2 Å². The molecule has 6 nitrogen and oxygen atoms in total. The molecule has 2 unspecified atom stereocenters. The quantitative estimate of drug-likeness (QED) is 0.838. The Bertz CT molecular complexity index is 741. The highest BCUT2D eigenvalue weighted by molar-refractivity contribution is 7.89. The predicted octanol–water partition coefficient (Wildman–Crippen LogP) is 2.23. The number of carbonyl (C=O) groups excluding carboxylic acids is 1. The van der Waals surface area contributed by atoms with Crippen molar-refractivity contribution in [1.82, 2.24) is 9.21 Å². The van der Waals surface area contributed by atoms with Gasteiger partial charge in [-0.15, -0.1) is 12.4 Å². The lowest BCUT2D eigenvalue weighted by Gasteiger charge is -2.32. The van der Waals surface area contributed by atoms with Crippen LogP contribution in [0.2, 0.25) is 0 Å². The average Bonchev–Trinajstić information content (AvgIpc) is 3.10. The molecular formula is C18H28ClN3O3S. The molecule has 1 amide bonds. The highest BCUT2D eigenvalue weighted by Gasteiger charge is 2.32. The Balaban J connectivity index is 0.00000243. The molecule has 0 radical (unpaired) electrons. The molecule has 2 heterocycles. The van der Waals surface area contributed by atoms with E-state index in [1.54, 1.807) is 27.4 Å². The maximum atomic E-state index is 13.0. The first-order valence-electron chi connectivity index (χ1n) is 9.08. The fourth-order valence-electron chi connectivity index (χ4n) is 3.87. The largest absolute Gasteiger partial charge is 0.334 e. The summed E-state index contributed by atoms with van der Waals surface area (Å²) in [5.74, 6) is -0.128. The molecule has 3 rings (SSSR count). The van der Waals surface area contributed by atoms with Crippen molar-refractivity contribution in [3.63, 3.8) is 0 Å². The summed E-state index contributed by atoms with van der Waals surface area (Å²) in [5.41, 5.74) is 6.18. The number of nitrogens with two attached hydrogens (primary N) is 1. The van der Waals surface area contributed by atoms with Crippen LogP contribution in [0.3, 0.4) is 0 Å². The lowest BCUT2D eigenvalue weighted by Crippen LogP contribution is -2.42. The molecule has 0 aliphatic carbocycles. The van der Waals surface area contributed by atoms with Crippen molar-refractivity contribution in [2.45, 2.75) is 56.0 Å². The van der Waals surface area contributed by atoms with Crippen molar-refractivity contribution in [2.75, 3.05) is 19.6 Å². The molecule has 0 saturated carbocycles. The van der Waals surface area contributed by atoms with Gasteiger partial charge < -0.3 is 10.6 Å². The van der Waals surface area contributed by atoms with Gasteiger partial charge in [-0.1, -0.05) is 12.5 Å². The number of nitrogens with zero attached hydrogens (tertiary/aromatic N) is 2. The van der Waals surface area contributed by atoms with Crippen molar-refractivity contribution in [3.05, 3.63) is 29.8 Å². The van der Waals surface area contributed by atoms with E-state index in [1.165, 1.54) is 6.07 Å². The number of hydrogen-bond acceptors (Lipinski definition) is 4. The number of hydrogen-bond donors (Lipinski definition) is 1. The first-order chi connectivity index (χ1) is 11.9. The number of amides is 1. The van der Waals surface area contributed by atoms with Gasteiger partial charge in [0.1, 0.15) is 0 Å². The molecule has 8 heteroatoms. The summed E-state index contributed by atoms with van der Waals surface area (Å²) in [5, 5.41) is 0. The first-order valence-corrected chi connectivity index (χ1v) is 10.5. The second-order valence-corrected chi connectivity index (χ2v) is 8.91. The smallest absolute Gasteiger partial charge is 0.254 e. The predicted molar refractivity (Wildman–Crippen MR) is 104 cm³/mol. The molecule has 2 N–H and O–H groups in total. The van der Waals surface area contributed by atoms with Crippen LogP contribution < -0.4 is 5.73 Å². The SMILES string of the molecule is CC1CCCCN1S(=O)(=O)c1cccc(C(=O)N2CCCC2CN)c1.Cl. The monoisotopic (exact) mass is 401 g/mol. The van der Waals surface area contributed by atoms with Crippen LogP contribution in [0.25, 0.3) is 0 Å². The first kappa shape index (κ1) is 21.2. The molecule has 2 fully saturated rings. The number of sulfonamides is 1. The van der Waals surface area contributed by atoms with Gasteiger partial charge in [0.15, 0.2) is 0 Å². The summed E-state index contributed by atoms with van der Waals surface area (Å²) in [6.45, 7) is 3.61. The van der Waals surface area contributed by atoms with Crippen molar-refractivity contribution in [1.29, 1.82) is 0 Å². The number of benzene rings is 1. The van der Waals surface area contributed by atoms with Gasteiger partial charge in [0.2, 0.25) is 10.0 Å². The number of piperidine rings is 1. The second-order valence-electron chi connectivity index (χ2n) is 7.02. The van der Waals surface area contributed by atoms with Gasteiger partial charge >= 0.3 is 0 Å². The molecule has 146 valence electrons. The molecule has 0 bridgehead atoms. The summed E-state index contributed by atoms with van der Waals surface area (Å²) < 4.78 is 27.6. The number of rotatable bonds is 4. The van der Waals surface area contributed by atoms with Crippen LogP contribution in [0.1, 0.15) is 49.4 Å². The summed E-state index contributed by atoms with van der Waals surface area (Å²) in [6.07, 6.45) is 4.67. The van der Waals surface area contributed by atoms with Gasteiger partial charge in [0, 0.05) is 37.3 Å². The molecule has 2 saturated heterocycles. The third kappa shape index (κ3) is 4.06. The summed E-state index contributed by atoms with van der Waals surface area (Å²) in [6, 6.07) is 6.49. The fourth-order valence-corrected chi connectivity index (χ4v) is 5.61. The fraction of sp³-hybridized carbons (Fsp3) is 0.611. The summed E-state index contributed by atoms with van der Waals surface area (Å²) in [4.78, 5) is 14.8. The highest BCUT2D eigenvalue weighted by Crippen LogP contribution is 2.26. The van der Waals surface area contributed by atoms with Gasteiger partial charge in [0.25, 0.3) is 5.91 Å². The standard InChI is InChI=1S/C18H27N3O3S.ClH/c1-14-6-2-3-11-21(14)25(23,24)17-9-4-7-15(12-17)18(22)20-10-5-8-16(20)13-19;/h4,7,9,12,14,16H,2-3,5-6,8,10-11,13,19H2,1H3;1H. The van der Waals surface area contributed by atoms with Crippen molar-refractivity contribution in [3.8, 4) is 0 Å². The minimum absolute atomic E-state index is 0. The molecule has 0 spiro atoms. The lowest BCUT2D eigenvalue weighted by atomic mass is 10.1. The zero-order valence-corrected chi connectivity index (χ0v) is 16.8. The molecule has 1 aromatic carbocycles. The molecule has 0 aromatic heterocycles. The van der Waals surface area contributed by atoms with Crippen LogP contribution in [-0.2, 0) is 10.0 Å². The third-order valence-electron chi connectivity index (χ3n) is 5.34. The molecule has 2 aliphatic heterocycles. The molecule has 2 aliphatic rings. The van der Waals surface area contributed by atoms with Crippen molar-refractivity contribution in [2.24, 2.45) is 5.73 Å². The molecule has 2 atom stereocenters. The van der Waals surface area contributed by atoms with E-state index in [0.29, 0.717) is 25.2 Å².